The summed E-state index contributed by atoms with van der Waals surface area (Å²) in [5.41, 5.74) is 1.56. The van der Waals surface area contributed by atoms with Gasteiger partial charge in [-0.15, -0.1) is 0 Å². The van der Waals surface area contributed by atoms with Crippen LogP contribution in [0.2, 0.25) is 0 Å². The Balaban J connectivity index is 2.76. The summed E-state index contributed by atoms with van der Waals surface area (Å²) in [5, 5.41) is 17.4. The third-order valence-corrected chi connectivity index (χ3v) is 1.51. The first-order valence-electron chi connectivity index (χ1n) is 4.08. The molecular formula is C9H13NO3. The van der Waals surface area contributed by atoms with Gasteiger partial charge in [-0.3, -0.25) is 0 Å². The van der Waals surface area contributed by atoms with Gasteiger partial charge in [0, 0.05) is 11.8 Å². The van der Waals surface area contributed by atoms with E-state index in [0.717, 1.165) is 11.3 Å². The van der Waals surface area contributed by atoms with Gasteiger partial charge in [0.15, 0.2) is 0 Å². The second-order valence-corrected chi connectivity index (χ2v) is 2.69. The molecular weight excluding hydrogens is 170 g/mol. The first-order chi connectivity index (χ1) is 6.26. The summed E-state index contributed by atoms with van der Waals surface area (Å²) in [6.07, 6.45) is 0. The summed E-state index contributed by atoms with van der Waals surface area (Å²) >= 11 is 0. The second-order valence-electron chi connectivity index (χ2n) is 2.69. The number of nitrogens with zero attached hydrogens (tertiary/aromatic N) is 1. The van der Waals surface area contributed by atoms with Gasteiger partial charge in [-0.2, -0.15) is 0 Å². The SMILES string of the molecule is Cc1cc(CO)cc(OCCO)n1. The Hall–Kier alpha value is -1.13. The summed E-state index contributed by atoms with van der Waals surface area (Å²) < 4.78 is 5.11. The Morgan fingerprint density at radius 3 is 2.77 bits per heavy atom. The molecule has 1 rings (SSSR count). The van der Waals surface area contributed by atoms with Gasteiger partial charge in [-0.25, -0.2) is 4.98 Å². The highest BCUT2D eigenvalue weighted by atomic mass is 16.5. The topological polar surface area (TPSA) is 62.6 Å². The summed E-state index contributed by atoms with van der Waals surface area (Å²) in [4.78, 5) is 4.07. The van der Waals surface area contributed by atoms with Gasteiger partial charge in [-0.1, -0.05) is 0 Å². The Morgan fingerprint density at radius 1 is 1.38 bits per heavy atom. The molecule has 0 unspecified atom stereocenters. The van der Waals surface area contributed by atoms with Crippen LogP contribution in [-0.4, -0.2) is 28.4 Å². The molecule has 72 valence electrons. The Labute approximate surface area is 76.8 Å². The Morgan fingerprint density at radius 2 is 2.15 bits per heavy atom. The molecule has 0 aliphatic heterocycles. The minimum Gasteiger partial charge on any atom is -0.475 e. The van der Waals surface area contributed by atoms with Crippen LogP contribution < -0.4 is 4.74 Å². The minimum absolute atomic E-state index is 0.0289. The van der Waals surface area contributed by atoms with E-state index in [0.29, 0.717) is 5.88 Å². The maximum Gasteiger partial charge on any atom is 0.213 e. The Kier molecular flexibility index (Phi) is 3.67. The largest absolute Gasteiger partial charge is 0.475 e. The molecule has 1 aromatic rings. The van der Waals surface area contributed by atoms with Crippen LogP contribution in [0.25, 0.3) is 0 Å². The number of aryl methyl sites for hydroxylation is 1. The summed E-state index contributed by atoms with van der Waals surface area (Å²) in [6, 6.07) is 3.44. The van der Waals surface area contributed by atoms with E-state index in [4.69, 9.17) is 14.9 Å². The van der Waals surface area contributed by atoms with Crippen LogP contribution in [0.5, 0.6) is 5.88 Å². The second kappa shape index (κ2) is 4.79. The molecule has 2 N–H and O–H groups in total. The highest BCUT2D eigenvalue weighted by Gasteiger charge is 1.99. The van der Waals surface area contributed by atoms with Crippen LogP contribution in [-0.2, 0) is 6.61 Å². The molecule has 0 amide bonds. The number of rotatable bonds is 4. The first kappa shape index (κ1) is 9.95. The van der Waals surface area contributed by atoms with Crippen molar-refractivity contribution < 1.29 is 14.9 Å². The quantitative estimate of drug-likeness (QED) is 0.702. The van der Waals surface area contributed by atoms with Crippen molar-refractivity contribution in [1.82, 2.24) is 4.98 Å². The highest BCUT2D eigenvalue weighted by Crippen LogP contribution is 2.11. The van der Waals surface area contributed by atoms with Gasteiger partial charge in [0.2, 0.25) is 5.88 Å². The fourth-order valence-electron chi connectivity index (χ4n) is 1.02. The van der Waals surface area contributed by atoms with E-state index in [-0.39, 0.29) is 19.8 Å². The number of hydrogen-bond acceptors (Lipinski definition) is 4. The predicted molar refractivity (Wildman–Crippen MR) is 47.5 cm³/mol. The van der Waals surface area contributed by atoms with Gasteiger partial charge in [0.05, 0.1) is 13.2 Å². The third kappa shape index (κ3) is 3.01. The summed E-state index contributed by atoms with van der Waals surface area (Å²) in [5.74, 6) is 0.443. The van der Waals surface area contributed by atoms with Gasteiger partial charge >= 0.3 is 0 Å². The lowest BCUT2D eigenvalue weighted by Crippen LogP contribution is -2.04. The summed E-state index contributed by atoms with van der Waals surface area (Å²) in [7, 11) is 0. The average molecular weight is 183 g/mol. The van der Waals surface area contributed by atoms with Crippen molar-refractivity contribution in [3.63, 3.8) is 0 Å². The molecule has 13 heavy (non-hydrogen) atoms. The van der Waals surface area contributed by atoms with Crippen LogP contribution in [0.4, 0.5) is 0 Å². The minimum atomic E-state index is -0.0376. The fraction of sp³-hybridized carbons (Fsp3) is 0.444. The molecule has 4 nitrogen and oxygen atoms in total. The number of aromatic nitrogens is 1. The van der Waals surface area contributed by atoms with Crippen molar-refractivity contribution >= 4 is 0 Å². The van der Waals surface area contributed by atoms with Gasteiger partial charge in [-0.05, 0) is 18.6 Å². The first-order valence-corrected chi connectivity index (χ1v) is 4.08. The number of aliphatic hydroxyl groups is 2. The molecule has 0 bridgehead atoms. The lowest BCUT2D eigenvalue weighted by atomic mass is 10.2. The van der Waals surface area contributed by atoms with Crippen molar-refractivity contribution in [2.24, 2.45) is 0 Å². The molecule has 0 aromatic carbocycles. The predicted octanol–water partition coefficient (Wildman–Crippen LogP) is 0.253. The van der Waals surface area contributed by atoms with Crippen LogP contribution in [0.3, 0.4) is 0 Å². The molecule has 0 saturated carbocycles. The van der Waals surface area contributed by atoms with Crippen molar-refractivity contribution in [3.05, 3.63) is 23.4 Å². The number of pyridine rings is 1. The molecule has 1 aromatic heterocycles. The van der Waals surface area contributed by atoms with Crippen molar-refractivity contribution in [1.29, 1.82) is 0 Å². The molecule has 1 heterocycles. The van der Waals surface area contributed by atoms with Gasteiger partial charge < -0.3 is 14.9 Å². The van der Waals surface area contributed by atoms with Crippen molar-refractivity contribution in [2.75, 3.05) is 13.2 Å². The zero-order valence-corrected chi connectivity index (χ0v) is 7.53. The number of aliphatic hydroxyl groups excluding tert-OH is 2. The molecule has 0 fully saturated rings. The van der Waals surface area contributed by atoms with Crippen LogP contribution in [0.1, 0.15) is 11.3 Å². The molecule has 0 spiro atoms. The van der Waals surface area contributed by atoms with E-state index < -0.39 is 0 Å². The zero-order chi connectivity index (χ0) is 9.68. The van der Waals surface area contributed by atoms with Crippen molar-refractivity contribution in [3.8, 4) is 5.88 Å². The van der Waals surface area contributed by atoms with E-state index in [9.17, 15) is 0 Å². The van der Waals surface area contributed by atoms with Gasteiger partial charge in [0.25, 0.3) is 0 Å². The maximum absolute atomic E-state index is 8.88. The molecule has 0 radical (unpaired) electrons. The van der Waals surface area contributed by atoms with Crippen molar-refractivity contribution in [2.45, 2.75) is 13.5 Å². The van der Waals surface area contributed by atoms with E-state index in [1.54, 1.807) is 12.1 Å². The van der Waals surface area contributed by atoms with E-state index in [1.807, 2.05) is 6.92 Å². The lowest BCUT2D eigenvalue weighted by molar-refractivity contribution is 0.196. The number of ether oxygens (including phenoxy) is 1. The molecule has 0 aliphatic rings. The standard InChI is InChI=1S/C9H13NO3/c1-7-4-8(6-12)5-9(10-7)13-3-2-11/h4-5,11-12H,2-3,6H2,1H3. The van der Waals surface area contributed by atoms with E-state index >= 15 is 0 Å². The molecule has 0 aliphatic carbocycles. The normalized spacial score (nSPS) is 10.1. The van der Waals surface area contributed by atoms with Crippen LogP contribution in [0.15, 0.2) is 12.1 Å². The molecule has 0 saturated heterocycles. The van der Waals surface area contributed by atoms with E-state index in [1.165, 1.54) is 0 Å². The Bertz CT molecular complexity index is 276. The smallest absolute Gasteiger partial charge is 0.213 e. The van der Waals surface area contributed by atoms with Gasteiger partial charge in [0.1, 0.15) is 6.61 Å². The summed E-state index contributed by atoms with van der Waals surface area (Å²) in [6.45, 7) is 1.98. The maximum atomic E-state index is 8.88. The fourth-order valence-corrected chi connectivity index (χ4v) is 1.02. The van der Waals surface area contributed by atoms with E-state index in [2.05, 4.69) is 4.98 Å². The van der Waals surface area contributed by atoms with Crippen LogP contribution in [0, 0.1) is 6.92 Å². The zero-order valence-electron chi connectivity index (χ0n) is 7.53. The highest BCUT2D eigenvalue weighted by molar-refractivity contribution is 5.23. The lowest BCUT2D eigenvalue weighted by Gasteiger charge is -2.05. The molecule has 0 atom stereocenters. The molecule has 4 heteroatoms. The van der Waals surface area contributed by atoms with Crippen LogP contribution >= 0.6 is 0 Å². The monoisotopic (exact) mass is 183 g/mol. The average Bonchev–Trinajstić information content (AvgIpc) is 2.14. The third-order valence-electron chi connectivity index (χ3n) is 1.51. The number of hydrogen-bond donors (Lipinski definition) is 2.